The molecule has 0 amide bonds. The molecule has 0 aromatic carbocycles. The summed E-state index contributed by atoms with van der Waals surface area (Å²) in [5.41, 5.74) is -1.87. The van der Waals surface area contributed by atoms with Gasteiger partial charge in [0.15, 0.2) is 0 Å². The highest BCUT2D eigenvalue weighted by atomic mass is 16.6. The van der Waals surface area contributed by atoms with Gasteiger partial charge >= 0.3 is 11.9 Å². The number of esters is 2. The normalized spacial score (nSPS) is 44.5. The molecular weight excluding hydrogens is 412 g/mol. The number of rotatable bonds is 2. The monoisotopic (exact) mass is 452 g/mol. The minimum absolute atomic E-state index is 0.0144. The van der Waals surface area contributed by atoms with Gasteiger partial charge in [0.05, 0.1) is 12.0 Å². The van der Waals surface area contributed by atoms with Gasteiger partial charge in [0.1, 0.15) is 29.2 Å². The van der Waals surface area contributed by atoms with Crippen LogP contribution in [-0.2, 0) is 33.4 Å². The molecule has 7 nitrogen and oxygen atoms in total. The van der Waals surface area contributed by atoms with Gasteiger partial charge in [-0.15, -0.1) is 0 Å². The fourth-order valence-corrected chi connectivity index (χ4v) is 5.67. The quantitative estimate of drug-likeness (QED) is 0.465. The molecule has 0 N–H and O–H groups in total. The molecule has 0 aliphatic carbocycles. The van der Waals surface area contributed by atoms with Crippen molar-refractivity contribution in [1.82, 2.24) is 0 Å². The van der Waals surface area contributed by atoms with Crippen molar-refractivity contribution in [2.24, 2.45) is 35.5 Å². The van der Waals surface area contributed by atoms with E-state index in [2.05, 4.69) is 0 Å². The van der Waals surface area contributed by atoms with Crippen molar-refractivity contribution in [1.29, 1.82) is 0 Å². The number of ketones is 2. The number of ether oxygens (including phenoxy) is 3. The zero-order valence-electron chi connectivity index (χ0n) is 21.0. The third-order valence-corrected chi connectivity index (χ3v) is 8.38. The average Bonchev–Trinajstić information content (AvgIpc) is 3.07. The first-order chi connectivity index (χ1) is 14.7. The standard InChI is InChI=1S/C25H40O7/c1-10-19-25(8)18(11-20(26)32-25)15(4)21(27)13(2)12-24(7,30-9)17(6)14(3)22(28)16(5)23(29)31-19/h13-19H,10-12H2,1-9H3/t13-,14-,15-,16-,17-,18-,19-,24-,25+/m1/s1. The molecule has 7 heteroatoms. The maximum Gasteiger partial charge on any atom is 0.316 e. The van der Waals surface area contributed by atoms with Crippen LogP contribution in [0.4, 0.5) is 0 Å². The highest BCUT2D eigenvalue weighted by Gasteiger charge is 2.56. The lowest BCUT2D eigenvalue weighted by atomic mass is 9.69. The van der Waals surface area contributed by atoms with Crippen LogP contribution in [0.2, 0.25) is 0 Å². The molecule has 0 unspecified atom stereocenters. The Bertz CT molecular complexity index is 761. The Balaban J connectivity index is 2.57. The summed E-state index contributed by atoms with van der Waals surface area (Å²) in [5.74, 6) is -4.15. The largest absolute Gasteiger partial charge is 0.458 e. The molecule has 2 aliphatic rings. The Hall–Kier alpha value is -1.76. The van der Waals surface area contributed by atoms with Crippen molar-refractivity contribution in [2.45, 2.75) is 92.0 Å². The molecule has 0 saturated carbocycles. The maximum atomic E-state index is 13.5. The second kappa shape index (κ2) is 9.62. The molecule has 9 atom stereocenters. The SMILES string of the molecule is CC[C@H]1OC(=O)[C@H](C)C(=O)[C@H](C)[C@@H](C)[C@](C)(OC)C[C@@H](C)C(=O)[C@H](C)[C@H]2CC(=O)O[C@@]21C. The van der Waals surface area contributed by atoms with Gasteiger partial charge in [-0.25, -0.2) is 0 Å². The van der Waals surface area contributed by atoms with Crippen LogP contribution in [0.3, 0.4) is 0 Å². The van der Waals surface area contributed by atoms with Crippen LogP contribution in [0.5, 0.6) is 0 Å². The van der Waals surface area contributed by atoms with Crippen molar-refractivity contribution in [3.05, 3.63) is 0 Å². The van der Waals surface area contributed by atoms with Gasteiger partial charge in [-0.05, 0) is 39.5 Å². The summed E-state index contributed by atoms with van der Waals surface area (Å²) in [6.45, 7) is 14.5. The van der Waals surface area contributed by atoms with Gasteiger partial charge in [-0.3, -0.25) is 19.2 Å². The third kappa shape index (κ3) is 4.63. The molecule has 0 aromatic heterocycles. The zero-order chi connectivity index (χ0) is 24.6. The Morgan fingerprint density at radius 2 is 1.56 bits per heavy atom. The smallest absolute Gasteiger partial charge is 0.316 e. The van der Waals surface area contributed by atoms with E-state index in [9.17, 15) is 19.2 Å². The van der Waals surface area contributed by atoms with E-state index >= 15 is 0 Å². The third-order valence-electron chi connectivity index (χ3n) is 8.38. The Labute approximate surface area is 191 Å². The van der Waals surface area contributed by atoms with Crippen molar-refractivity contribution < 1.29 is 33.4 Å². The zero-order valence-corrected chi connectivity index (χ0v) is 21.0. The van der Waals surface area contributed by atoms with Gasteiger partial charge in [0.2, 0.25) is 0 Å². The van der Waals surface area contributed by atoms with E-state index in [1.807, 2.05) is 34.6 Å². The van der Waals surface area contributed by atoms with E-state index in [1.54, 1.807) is 27.9 Å². The molecule has 0 spiro atoms. The van der Waals surface area contributed by atoms with Crippen LogP contribution >= 0.6 is 0 Å². The highest BCUT2D eigenvalue weighted by molar-refractivity contribution is 6.00. The number of Topliss-reactive ketones (excluding diaryl/α,β-unsaturated/α-hetero) is 2. The molecule has 0 aromatic rings. The Kier molecular flexibility index (Phi) is 7.96. The number of methoxy groups -OCH3 is 1. The minimum atomic E-state index is -1.13. The second-order valence-corrected chi connectivity index (χ2v) is 10.3. The van der Waals surface area contributed by atoms with E-state index in [4.69, 9.17) is 14.2 Å². The fraction of sp³-hybridized carbons (Fsp3) is 0.840. The first-order valence-corrected chi connectivity index (χ1v) is 11.8. The van der Waals surface area contributed by atoms with Crippen molar-refractivity contribution in [3.63, 3.8) is 0 Å². The maximum absolute atomic E-state index is 13.5. The van der Waals surface area contributed by atoms with Crippen molar-refractivity contribution in [3.8, 4) is 0 Å². The molecule has 2 heterocycles. The first kappa shape index (κ1) is 26.5. The Morgan fingerprint density at radius 1 is 0.969 bits per heavy atom. The van der Waals surface area contributed by atoms with Crippen LogP contribution in [0, 0.1) is 35.5 Å². The number of carbonyl (C=O) groups is 4. The Morgan fingerprint density at radius 3 is 2.09 bits per heavy atom. The average molecular weight is 453 g/mol. The summed E-state index contributed by atoms with van der Waals surface area (Å²) >= 11 is 0. The topological polar surface area (TPSA) is 96.0 Å². The number of fused-ring (bicyclic) bond motifs is 1. The fourth-order valence-electron chi connectivity index (χ4n) is 5.67. The molecular formula is C25H40O7. The molecule has 182 valence electrons. The summed E-state index contributed by atoms with van der Waals surface area (Å²) in [7, 11) is 1.58. The molecule has 32 heavy (non-hydrogen) atoms. The van der Waals surface area contributed by atoms with Crippen LogP contribution in [0.25, 0.3) is 0 Å². The number of cyclic esters (lactones) is 1. The molecule has 2 saturated heterocycles. The van der Waals surface area contributed by atoms with E-state index in [-0.39, 0.29) is 29.8 Å². The van der Waals surface area contributed by atoms with Crippen LogP contribution in [0.1, 0.15) is 74.7 Å². The number of hydrogen-bond acceptors (Lipinski definition) is 7. The highest BCUT2D eigenvalue weighted by Crippen LogP contribution is 2.45. The van der Waals surface area contributed by atoms with Crippen LogP contribution in [-0.4, -0.2) is 47.9 Å². The van der Waals surface area contributed by atoms with Crippen LogP contribution in [0.15, 0.2) is 0 Å². The predicted molar refractivity (Wildman–Crippen MR) is 119 cm³/mol. The predicted octanol–water partition coefficient (Wildman–Crippen LogP) is 3.76. The summed E-state index contributed by atoms with van der Waals surface area (Å²) in [6.07, 6.45) is 0.178. The minimum Gasteiger partial charge on any atom is -0.458 e. The van der Waals surface area contributed by atoms with Gasteiger partial charge in [0.25, 0.3) is 0 Å². The van der Waals surface area contributed by atoms with E-state index in [1.165, 1.54) is 0 Å². The molecule has 2 rings (SSSR count). The van der Waals surface area contributed by atoms with Gasteiger partial charge in [-0.1, -0.05) is 34.6 Å². The lowest BCUT2D eigenvalue weighted by Crippen LogP contribution is -2.52. The van der Waals surface area contributed by atoms with Gasteiger partial charge < -0.3 is 14.2 Å². The van der Waals surface area contributed by atoms with Gasteiger partial charge in [-0.2, -0.15) is 0 Å². The lowest BCUT2D eigenvalue weighted by molar-refractivity contribution is -0.184. The second-order valence-electron chi connectivity index (χ2n) is 10.3. The molecule has 2 fully saturated rings. The van der Waals surface area contributed by atoms with Crippen LogP contribution < -0.4 is 0 Å². The van der Waals surface area contributed by atoms with E-state index in [0.717, 1.165) is 0 Å². The van der Waals surface area contributed by atoms with Crippen molar-refractivity contribution in [2.75, 3.05) is 7.11 Å². The summed E-state index contributed by atoms with van der Waals surface area (Å²) in [5, 5.41) is 0. The molecule has 0 radical (unpaired) electrons. The van der Waals surface area contributed by atoms with Crippen molar-refractivity contribution >= 4 is 23.5 Å². The summed E-state index contributed by atoms with van der Waals surface area (Å²) in [4.78, 5) is 52.0. The lowest BCUT2D eigenvalue weighted by Gasteiger charge is -2.42. The summed E-state index contributed by atoms with van der Waals surface area (Å²) in [6, 6.07) is 0. The first-order valence-electron chi connectivity index (χ1n) is 11.8. The molecule has 0 bridgehead atoms. The van der Waals surface area contributed by atoms with E-state index < -0.39 is 52.9 Å². The molecule has 2 aliphatic heterocycles. The summed E-state index contributed by atoms with van der Waals surface area (Å²) < 4.78 is 17.3. The number of hydrogen-bond donors (Lipinski definition) is 0. The van der Waals surface area contributed by atoms with E-state index in [0.29, 0.717) is 12.8 Å². The number of carbonyl (C=O) groups excluding carboxylic acids is 4. The van der Waals surface area contributed by atoms with Gasteiger partial charge in [0, 0.05) is 30.8 Å².